The Balaban J connectivity index is 4.61. The first-order valence-corrected chi connectivity index (χ1v) is 5.17. The Bertz CT molecular complexity index is 306. The topological polar surface area (TPSA) is 26.3 Å². The molecule has 2 heteroatoms. The van der Waals surface area contributed by atoms with Gasteiger partial charge in [0.1, 0.15) is 0 Å². The van der Waals surface area contributed by atoms with Gasteiger partial charge in [0.05, 0.1) is 6.61 Å². The van der Waals surface area contributed by atoms with E-state index >= 15 is 0 Å². The molecule has 0 atom stereocenters. The quantitative estimate of drug-likeness (QED) is 0.402. The number of hydrogen-bond donors (Lipinski definition) is 0. The van der Waals surface area contributed by atoms with Crippen LogP contribution in [0.4, 0.5) is 0 Å². The maximum absolute atomic E-state index is 11.3. The number of allylic oxidation sites excluding steroid dienone is 5. The maximum Gasteiger partial charge on any atom is 0.333 e. The van der Waals surface area contributed by atoms with Crippen molar-refractivity contribution in [3.63, 3.8) is 0 Å². The van der Waals surface area contributed by atoms with Gasteiger partial charge in [0, 0.05) is 5.57 Å². The predicted molar refractivity (Wildman–Crippen MR) is 63.6 cm³/mol. The lowest BCUT2D eigenvalue weighted by Crippen LogP contribution is -2.05. The SMILES string of the molecule is CC=C(C)C=C(C)C=C(C)C(=O)OCC. The second-order valence-electron chi connectivity index (χ2n) is 3.47. The van der Waals surface area contributed by atoms with Crippen molar-refractivity contribution in [2.45, 2.75) is 34.6 Å². The van der Waals surface area contributed by atoms with Gasteiger partial charge >= 0.3 is 5.97 Å². The molecule has 0 aromatic rings. The average molecular weight is 208 g/mol. The first-order valence-electron chi connectivity index (χ1n) is 5.17. The minimum absolute atomic E-state index is 0.247. The molecule has 0 aromatic heterocycles. The van der Waals surface area contributed by atoms with Crippen molar-refractivity contribution in [2.24, 2.45) is 0 Å². The van der Waals surface area contributed by atoms with Crippen molar-refractivity contribution in [2.75, 3.05) is 6.61 Å². The van der Waals surface area contributed by atoms with Gasteiger partial charge in [0.2, 0.25) is 0 Å². The van der Waals surface area contributed by atoms with Gasteiger partial charge in [0.25, 0.3) is 0 Å². The predicted octanol–water partition coefficient (Wildman–Crippen LogP) is 3.41. The van der Waals surface area contributed by atoms with Gasteiger partial charge in [-0.1, -0.05) is 23.3 Å². The van der Waals surface area contributed by atoms with Crippen LogP contribution in [0.5, 0.6) is 0 Å². The minimum Gasteiger partial charge on any atom is -0.463 e. The molecule has 0 N–H and O–H groups in total. The van der Waals surface area contributed by atoms with Crippen molar-refractivity contribution in [3.05, 3.63) is 34.9 Å². The lowest BCUT2D eigenvalue weighted by molar-refractivity contribution is -0.138. The van der Waals surface area contributed by atoms with E-state index < -0.39 is 0 Å². The molecule has 2 nitrogen and oxygen atoms in total. The highest BCUT2D eigenvalue weighted by molar-refractivity contribution is 5.88. The van der Waals surface area contributed by atoms with E-state index in [9.17, 15) is 4.79 Å². The number of rotatable bonds is 4. The smallest absolute Gasteiger partial charge is 0.333 e. The summed E-state index contributed by atoms with van der Waals surface area (Å²) in [6.07, 6.45) is 5.89. The molecule has 0 heterocycles. The van der Waals surface area contributed by atoms with Crippen LogP contribution in [-0.2, 0) is 9.53 Å². The molecule has 0 aliphatic heterocycles. The summed E-state index contributed by atoms with van der Waals surface area (Å²) in [4.78, 5) is 11.3. The molecule has 0 aromatic carbocycles. The Morgan fingerprint density at radius 2 is 1.73 bits per heavy atom. The molecule has 0 aliphatic carbocycles. The van der Waals surface area contributed by atoms with Crippen LogP contribution in [0.15, 0.2) is 34.9 Å². The summed E-state index contributed by atoms with van der Waals surface area (Å²) in [7, 11) is 0. The minimum atomic E-state index is -0.247. The van der Waals surface area contributed by atoms with Crippen LogP contribution in [0.25, 0.3) is 0 Å². The molecule has 84 valence electrons. The zero-order valence-corrected chi connectivity index (χ0v) is 10.3. The summed E-state index contributed by atoms with van der Waals surface area (Å²) in [6, 6.07) is 0. The highest BCUT2D eigenvalue weighted by Gasteiger charge is 2.03. The third-order valence-electron chi connectivity index (χ3n) is 1.95. The molecule has 0 rings (SSSR count). The second-order valence-corrected chi connectivity index (χ2v) is 3.47. The van der Waals surface area contributed by atoms with E-state index in [1.807, 2.05) is 39.0 Å². The summed E-state index contributed by atoms with van der Waals surface area (Å²) < 4.78 is 4.89. The van der Waals surface area contributed by atoms with Gasteiger partial charge in [-0.3, -0.25) is 0 Å². The van der Waals surface area contributed by atoms with Gasteiger partial charge in [-0.25, -0.2) is 4.79 Å². The molecule has 0 fully saturated rings. The first-order chi connectivity index (χ1) is 7.01. The van der Waals surface area contributed by atoms with Crippen molar-refractivity contribution in [1.29, 1.82) is 0 Å². The first kappa shape index (κ1) is 13.7. The molecule has 0 unspecified atom stereocenters. The molecule has 0 bridgehead atoms. The molecule has 0 saturated heterocycles. The molecule has 0 radical (unpaired) electrons. The normalized spacial score (nSPS) is 14.1. The molecule has 15 heavy (non-hydrogen) atoms. The van der Waals surface area contributed by atoms with E-state index in [0.29, 0.717) is 12.2 Å². The molecule has 0 saturated carbocycles. The van der Waals surface area contributed by atoms with Gasteiger partial charge < -0.3 is 4.74 Å². The molecule has 0 amide bonds. The number of esters is 1. The number of carbonyl (C=O) groups is 1. The zero-order valence-electron chi connectivity index (χ0n) is 10.3. The summed E-state index contributed by atoms with van der Waals surface area (Å²) in [5, 5.41) is 0. The van der Waals surface area contributed by atoms with E-state index in [-0.39, 0.29) is 5.97 Å². The number of hydrogen-bond acceptors (Lipinski definition) is 2. The van der Waals surface area contributed by atoms with Crippen molar-refractivity contribution in [3.8, 4) is 0 Å². The van der Waals surface area contributed by atoms with Crippen LogP contribution in [0.3, 0.4) is 0 Å². The Labute approximate surface area is 92.3 Å². The summed E-state index contributed by atoms with van der Waals surface area (Å²) in [5.41, 5.74) is 2.87. The van der Waals surface area contributed by atoms with Crippen molar-refractivity contribution >= 4 is 5.97 Å². The Kier molecular flexibility index (Phi) is 6.43. The summed E-state index contributed by atoms with van der Waals surface area (Å²) in [5.74, 6) is -0.247. The van der Waals surface area contributed by atoms with Crippen LogP contribution in [0.1, 0.15) is 34.6 Å². The van der Waals surface area contributed by atoms with Crippen LogP contribution in [-0.4, -0.2) is 12.6 Å². The van der Waals surface area contributed by atoms with Crippen molar-refractivity contribution < 1.29 is 9.53 Å². The molecular formula is C13H20O2. The van der Waals surface area contributed by atoms with Gasteiger partial charge in [0.15, 0.2) is 0 Å². The highest BCUT2D eigenvalue weighted by Crippen LogP contribution is 2.07. The largest absolute Gasteiger partial charge is 0.463 e. The fourth-order valence-corrected chi connectivity index (χ4v) is 1.13. The van der Waals surface area contributed by atoms with E-state index in [1.54, 1.807) is 13.8 Å². The van der Waals surface area contributed by atoms with Gasteiger partial charge in [-0.05, 0) is 40.7 Å². The number of ether oxygens (including phenoxy) is 1. The van der Waals surface area contributed by atoms with E-state index in [4.69, 9.17) is 4.74 Å². The average Bonchev–Trinajstić information content (AvgIpc) is 2.17. The van der Waals surface area contributed by atoms with Crippen LogP contribution < -0.4 is 0 Å². The summed E-state index contributed by atoms with van der Waals surface area (Å²) in [6.45, 7) is 9.96. The standard InChI is InChI=1S/C13H20O2/c1-6-10(3)8-11(4)9-12(5)13(14)15-7-2/h6,8-9H,7H2,1-5H3. The zero-order chi connectivity index (χ0) is 11.8. The Hall–Kier alpha value is -1.31. The Morgan fingerprint density at radius 1 is 1.13 bits per heavy atom. The third kappa shape index (κ3) is 5.89. The Morgan fingerprint density at radius 3 is 2.20 bits per heavy atom. The van der Waals surface area contributed by atoms with Gasteiger partial charge in [-0.15, -0.1) is 0 Å². The lowest BCUT2D eigenvalue weighted by atomic mass is 10.1. The fourth-order valence-electron chi connectivity index (χ4n) is 1.13. The third-order valence-corrected chi connectivity index (χ3v) is 1.95. The van der Waals surface area contributed by atoms with Crippen LogP contribution in [0.2, 0.25) is 0 Å². The highest BCUT2D eigenvalue weighted by atomic mass is 16.5. The van der Waals surface area contributed by atoms with E-state index in [1.165, 1.54) is 5.57 Å². The van der Waals surface area contributed by atoms with Crippen LogP contribution >= 0.6 is 0 Å². The second kappa shape index (κ2) is 7.04. The van der Waals surface area contributed by atoms with E-state index in [2.05, 4.69) is 0 Å². The van der Waals surface area contributed by atoms with Crippen LogP contribution in [0, 0.1) is 0 Å². The van der Waals surface area contributed by atoms with Gasteiger partial charge in [-0.2, -0.15) is 0 Å². The monoisotopic (exact) mass is 208 g/mol. The molecule has 0 aliphatic rings. The summed E-state index contributed by atoms with van der Waals surface area (Å²) >= 11 is 0. The van der Waals surface area contributed by atoms with Crippen molar-refractivity contribution in [1.82, 2.24) is 0 Å². The number of carbonyl (C=O) groups excluding carboxylic acids is 1. The molecule has 0 spiro atoms. The maximum atomic E-state index is 11.3. The fraction of sp³-hybridized carbons (Fsp3) is 0.462. The lowest BCUT2D eigenvalue weighted by Gasteiger charge is -2.01. The van der Waals surface area contributed by atoms with E-state index in [0.717, 1.165) is 5.57 Å². The molecular weight excluding hydrogens is 188 g/mol.